The second-order valence-electron chi connectivity index (χ2n) is 5.50. The molecule has 3 N–H and O–H groups in total. The number of nitrogens with one attached hydrogen (secondary N) is 1. The molecular formula is C16H23F3IN3O3. The van der Waals surface area contributed by atoms with Gasteiger partial charge in [-0.1, -0.05) is 0 Å². The van der Waals surface area contributed by atoms with E-state index in [9.17, 15) is 13.2 Å². The number of hydrogen-bond donors (Lipinski definition) is 2. The molecule has 0 aliphatic carbocycles. The minimum atomic E-state index is -4.71. The zero-order valence-electron chi connectivity index (χ0n) is 14.1. The molecule has 0 spiro atoms. The lowest BCUT2D eigenvalue weighted by Gasteiger charge is -2.22. The highest BCUT2D eigenvalue weighted by Gasteiger charge is 2.30. The van der Waals surface area contributed by atoms with Crippen LogP contribution in [0.4, 0.5) is 18.9 Å². The molecule has 0 atom stereocenters. The van der Waals surface area contributed by atoms with Crippen molar-refractivity contribution in [2.45, 2.75) is 31.7 Å². The highest BCUT2D eigenvalue weighted by Crippen LogP contribution is 2.23. The third-order valence-corrected chi connectivity index (χ3v) is 3.47. The smallest absolute Gasteiger partial charge is 0.406 e. The Morgan fingerprint density at radius 2 is 1.88 bits per heavy atom. The summed E-state index contributed by atoms with van der Waals surface area (Å²) in [6.45, 7) is 2.58. The summed E-state index contributed by atoms with van der Waals surface area (Å²) in [4.78, 5) is 4.15. The van der Waals surface area contributed by atoms with Crippen LogP contribution in [0.15, 0.2) is 29.3 Å². The van der Waals surface area contributed by atoms with Gasteiger partial charge >= 0.3 is 6.36 Å². The van der Waals surface area contributed by atoms with Gasteiger partial charge in [0.25, 0.3) is 0 Å². The summed E-state index contributed by atoms with van der Waals surface area (Å²) in [5, 5.41) is 2.81. The van der Waals surface area contributed by atoms with E-state index in [4.69, 9.17) is 15.2 Å². The van der Waals surface area contributed by atoms with Gasteiger partial charge in [-0.3, -0.25) is 4.99 Å². The van der Waals surface area contributed by atoms with Crippen molar-refractivity contribution >= 4 is 35.6 Å². The normalized spacial score (nSPS) is 16.0. The predicted octanol–water partition coefficient (Wildman–Crippen LogP) is 3.52. The number of nitrogens with zero attached hydrogens (tertiary/aromatic N) is 1. The third kappa shape index (κ3) is 9.43. The number of aliphatic imine (C=N–C) groups is 1. The van der Waals surface area contributed by atoms with Crippen molar-refractivity contribution in [2.24, 2.45) is 10.7 Å². The van der Waals surface area contributed by atoms with Gasteiger partial charge in [0.05, 0.1) is 6.10 Å². The fraction of sp³-hybridized carbons (Fsp3) is 0.562. The number of hydrogen-bond acceptors (Lipinski definition) is 4. The Bertz CT molecular complexity index is 550. The molecule has 0 bridgehead atoms. The number of guanidine groups is 1. The first kappa shape index (κ1) is 22.8. The van der Waals surface area contributed by atoms with Gasteiger partial charge in [0.1, 0.15) is 5.75 Å². The second kappa shape index (κ2) is 11.4. The Balaban J connectivity index is 0.00000338. The van der Waals surface area contributed by atoms with E-state index in [1.807, 2.05) is 0 Å². The number of halogens is 4. The topological polar surface area (TPSA) is 78.1 Å². The highest BCUT2D eigenvalue weighted by molar-refractivity contribution is 14.0. The number of anilines is 1. The molecule has 6 nitrogen and oxygen atoms in total. The number of benzene rings is 1. The molecule has 1 saturated heterocycles. The van der Waals surface area contributed by atoms with Crippen molar-refractivity contribution in [2.75, 3.05) is 31.7 Å². The number of alkyl halides is 3. The zero-order chi connectivity index (χ0) is 18.1. The van der Waals surface area contributed by atoms with E-state index in [1.165, 1.54) is 24.3 Å². The molecule has 0 amide bonds. The van der Waals surface area contributed by atoms with Crippen molar-refractivity contribution in [1.82, 2.24) is 0 Å². The standard InChI is InChI=1S/C16H22F3N3O3.HI/c17-16(18,19)25-14-4-2-12(3-5-14)22-15(20)21-8-1-9-24-13-6-10-23-11-7-13;/h2-5,13H,1,6-11H2,(H3,20,21,22);1H. The molecule has 1 aliphatic heterocycles. The Morgan fingerprint density at radius 3 is 2.50 bits per heavy atom. The summed E-state index contributed by atoms with van der Waals surface area (Å²) in [6, 6.07) is 5.26. The lowest BCUT2D eigenvalue weighted by Crippen LogP contribution is -2.24. The minimum Gasteiger partial charge on any atom is -0.406 e. The van der Waals surface area contributed by atoms with E-state index in [0.717, 1.165) is 32.5 Å². The van der Waals surface area contributed by atoms with E-state index >= 15 is 0 Å². The third-order valence-electron chi connectivity index (χ3n) is 3.47. The Labute approximate surface area is 167 Å². The van der Waals surface area contributed by atoms with Crippen LogP contribution >= 0.6 is 24.0 Å². The molecule has 1 heterocycles. The van der Waals surface area contributed by atoms with Crippen molar-refractivity contribution < 1.29 is 27.4 Å². The summed E-state index contributed by atoms with van der Waals surface area (Å²) < 4.78 is 51.0. The second-order valence-corrected chi connectivity index (χ2v) is 5.50. The Kier molecular flexibility index (Phi) is 10.0. The maximum atomic E-state index is 12.1. The average Bonchev–Trinajstić information content (AvgIpc) is 2.56. The molecule has 1 fully saturated rings. The van der Waals surface area contributed by atoms with E-state index in [2.05, 4.69) is 15.0 Å². The summed E-state index contributed by atoms with van der Waals surface area (Å²) in [7, 11) is 0. The number of rotatable bonds is 7. The van der Waals surface area contributed by atoms with Crippen molar-refractivity contribution in [3.63, 3.8) is 0 Å². The van der Waals surface area contributed by atoms with Crippen molar-refractivity contribution in [1.29, 1.82) is 0 Å². The first-order valence-electron chi connectivity index (χ1n) is 8.04. The van der Waals surface area contributed by atoms with Crippen LogP contribution in [0.25, 0.3) is 0 Å². The summed E-state index contributed by atoms with van der Waals surface area (Å²) in [5.74, 6) is -0.102. The predicted molar refractivity (Wildman–Crippen MR) is 103 cm³/mol. The summed E-state index contributed by atoms with van der Waals surface area (Å²) in [5.41, 5.74) is 6.26. The van der Waals surface area contributed by atoms with E-state index in [0.29, 0.717) is 18.8 Å². The Morgan fingerprint density at radius 1 is 1.23 bits per heavy atom. The van der Waals surface area contributed by atoms with Crippen LogP contribution in [0.5, 0.6) is 5.75 Å². The molecule has 10 heteroatoms. The molecule has 26 heavy (non-hydrogen) atoms. The van der Waals surface area contributed by atoms with Gasteiger partial charge < -0.3 is 25.3 Å². The Hall–Kier alpha value is -1.27. The van der Waals surface area contributed by atoms with Gasteiger partial charge in [-0.25, -0.2) is 0 Å². The van der Waals surface area contributed by atoms with E-state index in [-0.39, 0.29) is 41.8 Å². The first-order valence-corrected chi connectivity index (χ1v) is 8.04. The maximum absolute atomic E-state index is 12.1. The lowest BCUT2D eigenvalue weighted by molar-refractivity contribution is -0.274. The molecule has 0 unspecified atom stereocenters. The van der Waals surface area contributed by atoms with Crippen LogP contribution in [0.1, 0.15) is 19.3 Å². The van der Waals surface area contributed by atoms with Crippen LogP contribution in [0.2, 0.25) is 0 Å². The largest absolute Gasteiger partial charge is 0.573 e. The molecule has 148 valence electrons. The number of nitrogens with two attached hydrogens (primary N) is 1. The average molecular weight is 489 g/mol. The van der Waals surface area contributed by atoms with Gasteiger partial charge in [-0.05, 0) is 43.5 Å². The molecule has 0 radical (unpaired) electrons. The van der Waals surface area contributed by atoms with E-state index < -0.39 is 6.36 Å². The van der Waals surface area contributed by atoms with Crippen LogP contribution in [-0.4, -0.2) is 44.8 Å². The quantitative estimate of drug-likeness (QED) is 0.265. The van der Waals surface area contributed by atoms with Gasteiger partial charge in [0.2, 0.25) is 0 Å². The van der Waals surface area contributed by atoms with Gasteiger partial charge in [0, 0.05) is 32.1 Å². The molecule has 1 aliphatic rings. The molecule has 0 aromatic heterocycles. The summed E-state index contributed by atoms with van der Waals surface area (Å²) >= 11 is 0. The fourth-order valence-corrected chi connectivity index (χ4v) is 2.28. The molecule has 1 aromatic carbocycles. The van der Waals surface area contributed by atoms with Crippen molar-refractivity contribution in [3.8, 4) is 5.75 Å². The highest BCUT2D eigenvalue weighted by atomic mass is 127. The van der Waals surface area contributed by atoms with Crippen molar-refractivity contribution in [3.05, 3.63) is 24.3 Å². The maximum Gasteiger partial charge on any atom is 0.573 e. The van der Waals surface area contributed by atoms with Crippen LogP contribution < -0.4 is 15.8 Å². The van der Waals surface area contributed by atoms with E-state index in [1.54, 1.807) is 0 Å². The van der Waals surface area contributed by atoms with Crippen LogP contribution in [0.3, 0.4) is 0 Å². The monoisotopic (exact) mass is 489 g/mol. The van der Waals surface area contributed by atoms with Gasteiger partial charge in [-0.15, -0.1) is 37.1 Å². The first-order chi connectivity index (χ1) is 11.9. The SMILES string of the molecule is I.NC(=NCCCOC1CCOCC1)Nc1ccc(OC(F)(F)F)cc1. The minimum absolute atomic E-state index is 0. The van der Waals surface area contributed by atoms with Crippen LogP contribution in [-0.2, 0) is 9.47 Å². The molecule has 1 aromatic rings. The lowest BCUT2D eigenvalue weighted by atomic mass is 10.1. The van der Waals surface area contributed by atoms with Crippen LogP contribution in [0, 0.1) is 0 Å². The zero-order valence-corrected chi connectivity index (χ0v) is 16.5. The molecule has 0 saturated carbocycles. The number of ether oxygens (including phenoxy) is 3. The molecule has 2 rings (SSSR count). The molecular weight excluding hydrogens is 466 g/mol. The summed E-state index contributed by atoms with van der Waals surface area (Å²) in [6.07, 6.45) is -1.88. The van der Waals surface area contributed by atoms with Gasteiger partial charge in [0.15, 0.2) is 5.96 Å². The fourth-order valence-electron chi connectivity index (χ4n) is 2.28. The van der Waals surface area contributed by atoms with Gasteiger partial charge in [-0.2, -0.15) is 0 Å².